The summed E-state index contributed by atoms with van der Waals surface area (Å²) in [5, 5.41) is 17.6. The van der Waals surface area contributed by atoms with Gasteiger partial charge in [0.1, 0.15) is 0 Å². The summed E-state index contributed by atoms with van der Waals surface area (Å²) in [6.07, 6.45) is 4.76. The van der Waals surface area contributed by atoms with Gasteiger partial charge in [0, 0.05) is 17.6 Å². The van der Waals surface area contributed by atoms with Gasteiger partial charge >= 0.3 is 17.9 Å². The number of carboxylic acid groups (broad SMARTS) is 2. The first-order valence-electron chi connectivity index (χ1n) is 6.51. The molecule has 0 bridgehead atoms. The van der Waals surface area contributed by atoms with Crippen molar-refractivity contribution in [3.63, 3.8) is 0 Å². The monoisotopic (exact) mass is 296 g/mol. The van der Waals surface area contributed by atoms with E-state index in [1.165, 1.54) is 13.0 Å². The molecule has 2 N–H and O–H groups in total. The highest BCUT2D eigenvalue weighted by atomic mass is 16.5. The number of carbonyl (C=O) groups is 3. The Bertz CT molecular complexity index is 473. The van der Waals surface area contributed by atoms with Crippen molar-refractivity contribution in [1.82, 2.24) is 0 Å². The summed E-state index contributed by atoms with van der Waals surface area (Å²) in [6.45, 7) is 7.18. The zero-order valence-electron chi connectivity index (χ0n) is 12.2. The lowest BCUT2D eigenvalue weighted by atomic mass is 9.98. The molecule has 0 aromatic rings. The average Bonchev–Trinajstić information content (AvgIpc) is 2.41. The van der Waals surface area contributed by atoms with Crippen LogP contribution in [0.3, 0.4) is 0 Å². The quantitative estimate of drug-likeness (QED) is 0.293. The van der Waals surface area contributed by atoms with Gasteiger partial charge in [0.15, 0.2) is 0 Å². The summed E-state index contributed by atoms with van der Waals surface area (Å²) in [5.41, 5.74) is -0.219. The van der Waals surface area contributed by atoms with Crippen molar-refractivity contribution in [2.75, 3.05) is 6.61 Å². The first-order valence-corrected chi connectivity index (χ1v) is 6.51. The second-order valence-corrected chi connectivity index (χ2v) is 4.41. The van der Waals surface area contributed by atoms with E-state index in [2.05, 4.69) is 6.58 Å². The maximum atomic E-state index is 11.6. The van der Waals surface area contributed by atoms with Gasteiger partial charge in [0.25, 0.3) is 0 Å². The number of hydrogen-bond acceptors (Lipinski definition) is 4. The fourth-order valence-corrected chi connectivity index (χ4v) is 1.37. The van der Waals surface area contributed by atoms with Crippen molar-refractivity contribution in [3.05, 3.63) is 36.0 Å². The number of ether oxygens (including phenoxy) is 1. The molecule has 6 heteroatoms. The molecule has 0 saturated carbocycles. The molecule has 116 valence electrons. The van der Waals surface area contributed by atoms with E-state index < -0.39 is 23.8 Å². The lowest BCUT2D eigenvalue weighted by molar-refractivity contribution is -0.138. The van der Waals surface area contributed by atoms with Crippen molar-refractivity contribution in [2.45, 2.75) is 26.7 Å². The fraction of sp³-hybridized carbons (Fsp3) is 0.400. The Hall–Kier alpha value is -2.37. The molecular formula is C15H20O6. The minimum Gasteiger partial charge on any atom is -0.478 e. The molecule has 6 nitrogen and oxygen atoms in total. The molecule has 0 fully saturated rings. The molecule has 0 spiro atoms. The molecule has 0 saturated heterocycles. The molecule has 1 atom stereocenters. The number of hydrogen-bond donors (Lipinski definition) is 2. The standard InChI is InChI=1S/C15H20O6/c1-4-5-8-21-15(20)11(3)9-12(14(18)19)10(2)6-7-13(16)17/h6-7,9-10H,3-5,8H2,1-2H3,(H,16,17)(H,18,19). The van der Waals surface area contributed by atoms with Crippen LogP contribution in [0.2, 0.25) is 0 Å². The fourth-order valence-electron chi connectivity index (χ4n) is 1.37. The third kappa shape index (κ3) is 7.71. The van der Waals surface area contributed by atoms with E-state index in [1.807, 2.05) is 6.92 Å². The van der Waals surface area contributed by atoms with E-state index in [-0.39, 0.29) is 17.8 Å². The van der Waals surface area contributed by atoms with E-state index in [9.17, 15) is 14.4 Å². The Morgan fingerprint density at radius 1 is 1.29 bits per heavy atom. The number of aliphatic carboxylic acids is 2. The smallest absolute Gasteiger partial charge is 0.337 e. The van der Waals surface area contributed by atoms with Gasteiger partial charge in [0.05, 0.1) is 12.2 Å². The number of unbranched alkanes of at least 4 members (excludes halogenated alkanes) is 1. The molecule has 1 unspecified atom stereocenters. The van der Waals surface area contributed by atoms with Gasteiger partial charge in [-0.3, -0.25) is 0 Å². The van der Waals surface area contributed by atoms with Gasteiger partial charge in [-0.05, 0) is 12.5 Å². The zero-order chi connectivity index (χ0) is 16.4. The van der Waals surface area contributed by atoms with Crippen molar-refractivity contribution >= 4 is 17.9 Å². The van der Waals surface area contributed by atoms with Gasteiger partial charge in [-0.15, -0.1) is 0 Å². The van der Waals surface area contributed by atoms with Crippen LogP contribution in [-0.2, 0) is 19.1 Å². The van der Waals surface area contributed by atoms with Crippen molar-refractivity contribution in [1.29, 1.82) is 0 Å². The maximum Gasteiger partial charge on any atom is 0.337 e. The number of rotatable bonds is 9. The minimum atomic E-state index is -1.25. The summed E-state index contributed by atoms with van der Waals surface area (Å²) in [4.78, 5) is 33.2. The van der Waals surface area contributed by atoms with Crippen molar-refractivity contribution in [3.8, 4) is 0 Å². The van der Waals surface area contributed by atoms with Gasteiger partial charge in [-0.2, -0.15) is 0 Å². The summed E-state index contributed by atoms with van der Waals surface area (Å²) < 4.78 is 4.91. The van der Waals surface area contributed by atoms with Gasteiger partial charge in [-0.25, -0.2) is 14.4 Å². The van der Waals surface area contributed by atoms with Crippen LogP contribution in [0.15, 0.2) is 36.0 Å². The summed E-state index contributed by atoms with van der Waals surface area (Å²) in [6, 6.07) is 0. The van der Waals surface area contributed by atoms with Crippen LogP contribution in [0.5, 0.6) is 0 Å². The largest absolute Gasteiger partial charge is 0.478 e. The minimum absolute atomic E-state index is 0.0842. The normalized spacial score (nSPS) is 13.0. The third-order valence-corrected chi connectivity index (χ3v) is 2.59. The molecule has 0 amide bonds. The van der Waals surface area contributed by atoms with Crippen molar-refractivity contribution < 1.29 is 29.3 Å². The Morgan fingerprint density at radius 2 is 1.90 bits per heavy atom. The molecule has 21 heavy (non-hydrogen) atoms. The Morgan fingerprint density at radius 3 is 2.38 bits per heavy atom. The van der Waals surface area contributed by atoms with Crippen LogP contribution < -0.4 is 0 Å². The van der Waals surface area contributed by atoms with E-state index >= 15 is 0 Å². The second kappa shape index (κ2) is 9.52. The van der Waals surface area contributed by atoms with E-state index in [0.717, 1.165) is 18.6 Å². The van der Waals surface area contributed by atoms with Gasteiger partial charge in [-0.1, -0.05) is 32.9 Å². The van der Waals surface area contributed by atoms with Gasteiger partial charge < -0.3 is 14.9 Å². The topological polar surface area (TPSA) is 101 Å². The second-order valence-electron chi connectivity index (χ2n) is 4.41. The Labute approximate surface area is 123 Å². The number of carboxylic acids is 2. The van der Waals surface area contributed by atoms with E-state index in [4.69, 9.17) is 14.9 Å². The average molecular weight is 296 g/mol. The molecule has 0 aromatic carbocycles. The molecule has 0 rings (SSSR count). The highest BCUT2D eigenvalue weighted by molar-refractivity contribution is 5.95. The van der Waals surface area contributed by atoms with Gasteiger partial charge in [0.2, 0.25) is 0 Å². The lowest BCUT2D eigenvalue weighted by Gasteiger charge is -2.09. The lowest BCUT2D eigenvalue weighted by Crippen LogP contribution is -2.12. The SMILES string of the molecule is C=C(C=C(C(=O)O)C(C)C=CC(=O)O)C(=O)OCCCC. The highest BCUT2D eigenvalue weighted by Gasteiger charge is 2.16. The van der Waals surface area contributed by atoms with E-state index in [1.54, 1.807) is 0 Å². The number of allylic oxidation sites excluding steroid dienone is 1. The zero-order valence-corrected chi connectivity index (χ0v) is 12.2. The van der Waals surface area contributed by atoms with Crippen molar-refractivity contribution in [2.24, 2.45) is 5.92 Å². The molecule has 0 aliphatic heterocycles. The molecule has 0 heterocycles. The first-order chi connectivity index (χ1) is 9.79. The molecule has 0 radical (unpaired) electrons. The van der Waals surface area contributed by atoms with Crippen LogP contribution in [0, 0.1) is 5.92 Å². The third-order valence-electron chi connectivity index (χ3n) is 2.59. The number of esters is 1. The Balaban J connectivity index is 4.94. The predicted octanol–water partition coefficient (Wildman–Crippen LogP) is 2.17. The maximum absolute atomic E-state index is 11.6. The molecule has 0 aromatic heterocycles. The highest BCUT2D eigenvalue weighted by Crippen LogP contribution is 2.15. The van der Waals surface area contributed by atoms with Crippen LogP contribution >= 0.6 is 0 Å². The summed E-state index contributed by atoms with van der Waals surface area (Å²) in [7, 11) is 0. The summed E-state index contributed by atoms with van der Waals surface area (Å²) in [5.74, 6) is -3.79. The first kappa shape index (κ1) is 18.6. The molecular weight excluding hydrogens is 276 g/mol. The van der Waals surface area contributed by atoms with Crippen LogP contribution in [0.1, 0.15) is 26.7 Å². The molecule has 0 aliphatic carbocycles. The predicted molar refractivity (Wildman–Crippen MR) is 76.7 cm³/mol. The van der Waals surface area contributed by atoms with Crippen LogP contribution in [0.4, 0.5) is 0 Å². The molecule has 0 aliphatic rings. The van der Waals surface area contributed by atoms with E-state index in [0.29, 0.717) is 6.42 Å². The Kier molecular flexibility index (Phi) is 8.45. The van der Waals surface area contributed by atoms with Crippen LogP contribution in [-0.4, -0.2) is 34.7 Å². The summed E-state index contributed by atoms with van der Waals surface area (Å²) >= 11 is 0. The van der Waals surface area contributed by atoms with Crippen LogP contribution in [0.25, 0.3) is 0 Å². The number of carbonyl (C=O) groups excluding carboxylic acids is 1.